The molecule has 0 aliphatic carbocycles. The molecule has 3 aromatic carbocycles. The van der Waals surface area contributed by atoms with Gasteiger partial charge in [-0.1, -0.05) is 56.3 Å². The highest BCUT2D eigenvalue weighted by atomic mass is 19.1. The zero-order chi connectivity index (χ0) is 21.7. The van der Waals surface area contributed by atoms with Crippen molar-refractivity contribution in [1.29, 1.82) is 0 Å². The predicted octanol–water partition coefficient (Wildman–Crippen LogP) is 6.13. The lowest BCUT2D eigenvalue weighted by atomic mass is 9.94. The van der Waals surface area contributed by atoms with E-state index in [0.29, 0.717) is 23.6 Å². The number of hydrogen-bond acceptors (Lipinski definition) is 4. The smallest absolute Gasteiger partial charge is 0.271 e. The second-order valence-electron chi connectivity index (χ2n) is 7.63. The van der Waals surface area contributed by atoms with Crippen LogP contribution in [0.1, 0.15) is 55.0 Å². The molecule has 0 bridgehead atoms. The predicted molar refractivity (Wildman–Crippen MR) is 116 cm³/mol. The van der Waals surface area contributed by atoms with Crippen LogP contribution in [0, 0.1) is 15.9 Å². The van der Waals surface area contributed by atoms with Crippen molar-refractivity contribution < 1.29 is 14.4 Å². The van der Waals surface area contributed by atoms with Crippen LogP contribution in [0.2, 0.25) is 0 Å². The maximum atomic E-state index is 13.2. The Morgan fingerprint density at radius 3 is 2.17 bits per heavy atom. The van der Waals surface area contributed by atoms with E-state index in [1.54, 1.807) is 24.3 Å². The van der Waals surface area contributed by atoms with Crippen molar-refractivity contribution in [3.8, 4) is 0 Å². The number of benzene rings is 3. The van der Waals surface area contributed by atoms with Crippen molar-refractivity contribution in [3.05, 3.63) is 105 Å². The third kappa shape index (κ3) is 5.42. The molecule has 3 rings (SSSR count). The molecule has 5 nitrogen and oxygen atoms in total. The fraction of sp³-hybridized carbons (Fsp3) is 0.250. The first-order valence-electron chi connectivity index (χ1n) is 9.88. The van der Waals surface area contributed by atoms with Gasteiger partial charge in [0.25, 0.3) is 5.69 Å². The highest BCUT2D eigenvalue weighted by Crippen LogP contribution is 2.31. The lowest BCUT2D eigenvalue weighted by Crippen LogP contribution is -2.15. The Kier molecular flexibility index (Phi) is 6.79. The Labute approximate surface area is 175 Å². The maximum Gasteiger partial charge on any atom is 0.271 e. The summed E-state index contributed by atoms with van der Waals surface area (Å²) in [6.45, 7) is 4.23. The van der Waals surface area contributed by atoms with Gasteiger partial charge in [0.2, 0.25) is 0 Å². The molecule has 0 amide bonds. The number of nitro groups is 1. The largest absolute Gasteiger partial charge is 0.388 e. The van der Waals surface area contributed by atoms with Crippen molar-refractivity contribution in [2.24, 2.45) is 0 Å². The van der Waals surface area contributed by atoms with E-state index < -0.39 is 11.0 Å². The van der Waals surface area contributed by atoms with Gasteiger partial charge in [-0.05, 0) is 40.8 Å². The Balaban J connectivity index is 1.88. The minimum atomic E-state index is -0.827. The van der Waals surface area contributed by atoms with Crippen molar-refractivity contribution in [1.82, 2.24) is 0 Å². The SMILES string of the molecule is CC(C)c1ccc(C(CC(O)c2ccc(F)cc2)Nc2cccc([N+](=O)[O-])c2)cc1. The zero-order valence-corrected chi connectivity index (χ0v) is 17.0. The Bertz CT molecular complexity index is 988. The van der Waals surface area contributed by atoms with Crippen LogP contribution in [0.25, 0.3) is 0 Å². The summed E-state index contributed by atoms with van der Waals surface area (Å²) in [6.07, 6.45) is -0.512. The summed E-state index contributed by atoms with van der Waals surface area (Å²) in [5.41, 5.74) is 3.35. The maximum absolute atomic E-state index is 13.2. The van der Waals surface area contributed by atoms with Gasteiger partial charge in [0.05, 0.1) is 17.1 Å². The lowest BCUT2D eigenvalue weighted by molar-refractivity contribution is -0.384. The third-order valence-corrected chi connectivity index (χ3v) is 5.12. The van der Waals surface area contributed by atoms with Gasteiger partial charge < -0.3 is 10.4 Å². The van der Waals surface area contributed by atoms with Gasteiger partial charge in [-0.3, -0.25) is 10.1 Å². The zero-order valence-electron chi connectivity index (χ0n) is 17.0. The molecule has 156 valence electrons. The summed E-state index contributed by atoms with van der Waals surface area (Å²) in [7, 11) is 0. The summed E-state index contributed by atoms with van der Waals surface area (Å²) < 4.78 is 13.2. The number of rotatable bonds is 8. The number of halogens is 1. The Hall–Kier alpha value is -3.25. The van der Waals surface area contributed by atoms with Crippen molar-refractivity contribution in [2.75, 3.05) is 5.32 Å². The minimum absolute atomic E-state index is 0.00649. The van der Waals surface area contributed by atoms with Crippen LogP contribution in [0.4, 0.5) is 15.8 Å². The number of non-ortho nitro benzene ring substituents is 1. The summed E-state index contributed by atoms with van der Waals surface area (Å²) >= 11 is 0. The van der Waals surface area contributed by atoms with E-state index in [1.807, 2.05) is 24.3 Å². The van der Waals surface area contributed by atoms with E-state index in [-0.39, 0.29) is 17.5 Å². The van der Waals surface area contributed by atoms with E-state index in [4.69, 9.17) is 0 Å². The number of nitrogens with zero attached hydrogens (tertiary/aromatic N) is 1. The monoisotopic (exact) mass is 408 g/mol. The van der Waals surface area contributed by atoms with E-state index >= 15 is 0 Å². The first kappa shape index (κ1) is 21.5. The van der Waals surface area contributed by atoms with Crippen LogP contribution in [0.15, 0.2) is 72.8 Å². The average Bonchev–Trinajstić information content (AvgIpc) is 2.74. The number of nitrogens with one attached hydrogen (secondary N) is 1. The number of nitro benzene ring substituents is 1. The molecule has 30 heavy (non-hydrogen) atoms. The van der Waals surface area contributed by atoms with Gasteiger partial charge in [-0.2, -0.15) is 0 Å². The molecule has 6 heteroatoms. The third-order valence-electron chi connectivity index (χ3n) is 5.12. The van der Waals surface area contributed by atoms with Gasteiger partial charge in [-0.15, -0.1) is 0 Å². The molecular weight excluding hydrogens is 383 g/mol. The fourth-order valence-electron chi connectivity index (χ4n) is 3.35. The van der Waals surface area contributed by atoms with Crippen molar-refractivity contribution >= 4 is 11.4 Å². The van der Waals surface area contributed by atoms with Gasteiger partial charge in [0.15, 0.2) is 0 Å². The average molecular weight is 408 g/mol. The van der Waals surface area contributed by atoms with E-state index in [0.717, 1.165) is 5.56 Å². The molecule has 2 atom stereocenters. The molecular formula is C24H25FN2O3. The molecule has 0 heterocycles. The van der Waals surface area contributed by atoms with Gasteiger partial charge in [0, 0.05) is 24.2 Å². The fourth-order valence-corrected chi connectivity index (χ4v) is 3.35. The van der Waals surface area contributed by atoms with Crippen molar-refractivity contribution in [2.45, 2.75) is 38.3 Å². The molecule has 3 aromatic rings. The molecule has 0 aliphatic rings. The van der Waals surface area contributed by atoms with Crippen LogP contribution in [0.5, 0.6) is 0 Å². The standard InChI is InChI=1S/C24H25FN2O3/c1-16(2)17-6-8-18(9-7-17)23(15-24(28)19-10-12-20(25)13-11-19)26-21-4-3-5-22(14-21)27(29)30/h3-14,16,23-24,26,28H,15H2,1-2H3. The van der Waals surface area contributed by atoms with Crippen molar-refractivity contribution in [3.63, 3.8) is 0 Å². The molecule has 0 aromatic heterocycles. The summed E-state index contributed by atoms with van der Waals surface area (Å²) in [5.74, 6) is 0.0357. The highest BCUT2D eigenvalue weighted by molar-refractivity contribution is 5.52. The molecule has 0 spiro atoms. The van der Waals surface area contributed by atoms with Crippen LogP contribution < -0.4 is 5.32 Å². The first-order chi connectivity index (χ1) is 14.3. The number of aliphatic hydroxyl groups excluding tert-OH is 1. The second-order valence-corrected chi connectivity index (χ2v) is 7.63. The van der Waals surface area contributed by atoms with E-state index in [1.165, 1.54) is 29.8 Å². The molecule has 0 fully saturated rings. The second kappa shape index (κ2) is 9.50. The van der Waals surface area contributed by atoms with Crippen LogP contribution >= 0.6 is 0 Å². The number of hydrogen-bond donors (Lipinski definition) is 2. The van der Waals surface area contributed by atoms with Gasteiger partial charge in [0.1, 0.15) is 5.82 Å². The molecule has 0 saturated heterocycles. The quantitative estimate of drug-likeness (QED) is 0.347. The molecule has 0 saturated carbocycles. The van der Waals surface area contributed by atoms with Gasteiger partial charge >= 0.3 is 0 Å². The molecule has 2 N–H and O–H groups in total. The minimum Gasteiger partial charge on any atom is -0.388 e. The van der Waals surface area contributed by atoms with Crippen LogP contribution in [-0.2, 0) is 0 Å². The van der Waals surface area contributed by atoms with E-state index in [2.05, 4.69) is 19.2 Å². The summed E-state index contributed by atoms with van der Waals surface area (Å²) in [5, 5.41) is 25.2. The Morgan fingerprint density at radius 1 is 0.967 bits per heavy atom. The summed E-state index contributed by atoms with van der Waals surface area (Å²) in [4.78, 5) is 10.7. The Morgan fingerprint density at radius 2 is 1.57 bits per heavy atom. The van der Waals surface area contributed by atoms with Gasteiger partial charge in [-0.25, -0.2) is 4.39 Å². The normalized spacial score (nSPS) is 13.1. The topological polar surface area (TPSA) is 75.4 Å². The lowest BCUT2D eigenvalue weighted by Gasteiger charge is -2.24. The highest BCUT2D eigenvalue weighted by Gasteiger charge is 2.19. The molecule has 2 unspecified atom stereocenters. The van der Waals surface area contributed by atoms with E-state index in [9.17, 15) is 19.6 Å². The first-order valence-corrected chi connectivity index (χ1v) is 9.88. The number of anilines is 1. The molecule has 0 radical (unpaired) electrons. The number of aliphatic hydroxyl groups is 1. The van der Waals surface area contributed by atoms with Crippen LogP contribution in [0.3, 0.4) is 0 Å². The summed E-state index contributed by atoms with van der Waals surface area (Å²) in [6, 6.07) is 19.8. The molecule has 0 aliphatic heterocycles. The van der Waals surface area contributed by atoms with Crippen LogP contribution in [-0.4, -0.2) is 10.0 Å².